The Morgan fingerprint density at radius 1 is 1.07 bits per heavy atom. The molecule has 30 heavy (non-hydrogen) atoms. The van der Waals surface area contributed by atoms with Crippen LogP contribution in [0.15, 0.2) is 18.2 Å². The standard InChI is InChI=1S/C24H35NO5/c1-22(2,3)29-20(27)18-14-24(19-8-7-16(15-26)13-17(18)19)9-11-25(12-10-24)21(28)30-23(4,5)6/h7-8,13,18,26H,9-12,14-15H2,1-6H3. The molecular weight excluding hydrogens is 382 g/mol. The molecule has 1 spiro atoms. The highest BCUT2D eigenvalue weighted by Gasteiger charge is 2.49. The van der Waals surface area contributed by atoms with E-state index >= 15 is 0 Å². The highest BCUT2D eigenvalue weighted by atomic mass is 16.6. The number of esters is 1. The van der Waals surface area contributed by atoms with Crippen LogP contribution in [-0.4, -0.2) is 46.4 Å². The van der Waals surface area contributed by atoms with Crippen LogP contribution >= 0.6 is 0 Å². The van der Waals surface area contributed by atoms with Crippen LogP contribution in [0.25, 0.3) is 0 Å². The van der Waals surface area contributed by atoms with Gasteiger partial charge in [0.05, 0.1) is 12.5 Å². The van der Waals surface area contributed by atoms with Crippen molar-refractivity contribution in [2.45, 2.75) is 89.9 Å². The van der Waals surface area contributed by atoms with Gasteiger partial charge in [-0.15, -0.1) is 0 Å². The van der Waals surface area contributed by atoms with Gasteiger partial charge < -0.3 is 19.5 Å². The van der Waals surface area contributed by atoms with Gasteiger partial charge in [0.1, 0.15) is 11.2 Å². The van der Waals surface area contributed by atoms with Crippen molar-refractivity contribution in [1.29, 1.82) is 0 Å². The molecule has 3 rings (SSSR count). The van der Waals surface area contributed by atoms with Crippen molar-refractivity contribution in [3.63, 3.8) is 0 Å². The van der Waals surface area contributed by atoms with Crippen molar-refractivity contribution >= 4 is 12.1 Å². The number of amides is 1. The van der Waals surface area contributed by atoms with Crippen molar-refractivity contribution in [2.24, 2.45) is 0 Å². The molecule has 1 amide bonds. The lowest BCUT2D eigenvalue weighted by atomic mass is 9.73. The third-order valence-electron chi connectivity index (χ3n) is 5.90. The summed E-state index contributed by atoms with van der Waals surface area (Å²) >= 11 is 0. The van der Waals surface area contributed by atoms with Gasteiger partial charge in [0.15, 0.2) is 0 Å². The van der Waals surface area contributed by atoms with E-state index in [2.05, 4.69) is 0 Å². The lowest BCUT2D eigenvalue weighted by molar-refractivity contribution is -0.157. The van der Waals surface area contributed by atoms with E-state index in [-0.39, 0.29) is 30.0 Å². The smallest absolute Gasteiger partial charge is 0.410 e. The topological polar surface area (TPSA) is 76.1 Å². The summed E-state index contributed by atoms with van der Waals surface area (Å²) in [6.45, 7) is 12.4. The summed E-state index contributed by atoms with van der Waals surface area (Å²) in [5.74, 6) is -0.566. The maximum Gasteiger partial charge on any atom is 0.410 e. The second-order valence-corrected chi connectivity index (χ2v) is 10.6. The van der Waals surface area contributed by atoms with E-state index in [1.807, 2.05) is 59.7 Å². The Morgan fingerprint density at radius 3 is 2.20 bits per heavy atom. The number of piperidine rings is 1. The lowest BCUT2D eigenvalue weighted by Crippen LogP contribution is -2.46. The van der Waals surface area contributed by atoms with Gasteiger partial charge >= 0.3 is 12.1 Å². The molecule has 6 heteroatoms. The molecule has 1 unspecified atom stereocenters. The number of aliphatic hydroxyl groups excluding tert-OH is 1. The highest BCUT2D eigenvalue weighted by molar-refractivity contribution is 5.81. The number of hydrogen-bond donors (Lipinski definition) is 1. The Labute approximate surface area is 179 Å². The van der Waals surface area contributed by atoms with Gasteiger partial charge in [0, 0.05) is 18.5 Å². The predicted molar refractivity (Wildman–Crippen MR) is 114 cm³/mol. The molecular formula is C24H35NO5. The van der Waals surface area contributed by atoms with Crippen molar-refractivity contribution < 1.29 is 24.2 Å². The molecule has 1 aromatic carbocycles. The Balaban J connectivity index is 1.84. The van der Waals surface area contributed by atoms with Gasteiger partial charge in [-0.2, -0.15) is 0 Å². The molecule has 1 N–H and O–H groups in total. The van der Waals surface area contributed by atoms with E-state index < -0.39 is 11.2 Å². The van der Waals surface area contributed by atoms with E-state index in [1.165, 1.54) is 0 Å². The zero-order valence-electron chi connectivity index (χ0n) is 19.1. The second kappa shape index (κ2) is 7.88. The van der Waals surface area contributed by atoms with Crippen molar-refractivity contribution in [3.8, 4) is 0 Å². The van der Waals surface area contributed by atoms with Crippen LogP contribution in [0.5, 0.6) is 0 Å². The van der Waals surface area contributed by atoms with Gasteiger partial charge in [-0.25, -0.2) is 4.79 Å². The minimum Gasteiger partial charge on any atom is -0.459 e. The Kier molecular flexibility index (Phi) is 5.93. The van der Waals surface area contributed by atoms with Crippen LogP contribution in [0.2, 0.25) is 0 Å². The fourth-order valence-corrected chi connectivity index (χ4v) is 4.59. The van der Waals surface area contributed by atoms with E-state index in [4.69, 9.17) is 9.47 Å². The number of benzene rings is 1. The molecule has 166 valence electrons. The molecule has 0 saturated carbocycles. The first-order chi connectivity index (χ1) is 13.8. The quantitative estimate of drug-likeness (QED) is 0.727. The molecule has 0 bridgehead atoms. The summed E-state index contributed by atoms with van der Waals surface area (Å²) in [5.41, 5.74) is 1.67. The molecule has 6 nitrogen and oxygen atoms in total. The zero-order chi connectivity index (χ0) is 22.3. The average molecular weight is 418 g/mol. The number of likely N-dealkylation sites (tertiary alicyclic amines) is 1. The molecule has 0 aromatic heterocycles. The molecule has 1 atom stereocenters. The fraction of sp³-hybridized carbons (Fsp3) is 0.667. The summed E-state index contributed by atoms with van der Waals surface area (Å²) in [6, 6.07) is 5.92. The van der Waals surface area contributed by atoms with Gasteiger partial charge in [-0.05, 0) is 77.5 Å². The van der Waals surface area contributed by atoms with Crippen molar-refractivity contribution in [1.82, 2.24) is 4.90 Å². The number of carbonyl (C=O) groups excluding carboxylic acids is 2. The van der Waals surface area contributed by atoms with Crippen molar-refractivity contribution in [3.05, 3.63) is 34.9 Å². The largest absolute Gasteiger partial charge is 0.459 e. The number of fused-ring (bicyclic) bond motifs is 2. The predicted octanol–water partition coefficient (Wildman–Crippen LogP) is 4.28. The summed E-state index contributed by atoms with van der Waals surface area (Å²) in [6.07, 6.45) is 1.94. The van der Waals surface area contributed by atoms with Crippen LogP contribution in [0.4, 0.5) is 4.79 Å². The number of rotatable bonds is 2. The Bertz CT molecular complexity index is 810. The minimum atomic E-state index is -0.554. The van der Waals surface area contributed by atoms with Crippen LogP contribution < -0.4 is 0 Å². The van der Waals surface area contributed by atoms with E-state index in [0.29, 0.717) is 19.5 Å². The second-order valence-electron chi connectivity index (χ2n) is 10.6. The Hall–Kier alpha value is -2.08. The monoisotopic (exact) mass is 417 g/mol. The number of hydrogen-bond acceptors (Lipinski definition) is 5. The van der Waals surface area contributed by atoms with Crippen molar-refractivity contribution in [2.75, 3.05) is 13.1 Å². The van der Waals surface area contributed by atoms with Crippen LogP contribution in [0.3, 0.4) is 0 Å². The molecule has 0 radical (unpaired) electrons. The van der Waals surface area contributed by atoms with Crippen LogP contribution in [-0.2, 0) is 26.3 Å². The molecule has 1 aliphatic heterocycles. The average Bonchev–Trinajstić information content (AvgIpc) is 2.93. The fourth-order valence-electron chi connectivity index (χ4n) is 4.59. The Morgan fingerprint density at radius 2 is 1.67 bits per heavy atom. The highest BCUT2D eigenvalue weighted by Crippen LogP contribution is 2.52. The van der Waals surface area contributed by atoms with Crippen LogP contribution in [0.1, 0.15) is 83.4 Å². The summed E-state index contributed by atoms with van der Waals surface area (Å²) in [4.78, 5) is 27.2. The van der Waals surface area contributed by atoms with Gasteiger partial charge in [-0.3, -0.25) is 4.79 Å². The molecule has 1 saturated heterocycles. The molecule has 1 heterocycles. The van der Waals surface area contributed by atoms with Crippen LogP contribution in [0, 0.1) is 0 Å². The normalized spacial score (nSPS) is 20.8. The number of aliphatic hydroxyl groups is 1. The van der Waals surface area contributed by atoms with Gasteiger partial charge in [-0.1, -0.05) is 18.2 Å². The lowest BCUT2D eigenvalue weighted by Gasteiger charge is -2.40. The molecule has 1 aliphatic carbocycles. The first-order valence-electron chi connectivity index (χ1n) is 10.8. The number of ether oxygens (including phenoxy) is 2. The summed E-state index contributed by atoms with van der Waals surface area (Å²) in [7, 11) is 0. The van der Waals surface area contributed by atoms with E-state index in [0.717, 1.165) is 29.5 Å². The first-order valence-corrected chi connectivity index (χ1v) is 10.8. The minimum absolute atomic E-state index is 0.0618. The van der Waals surface area contributed by atoms with Gasteiger partial charge in [0.25, 0.3) is 0 Å². The van der Waals surface area contributed by atoms with E-state index in [9.17, 15) is 14.7 Å². The van der Waals surface area contributed by atoms with Gasteiger partial charge in [0.2, 0.25) is 0 Å². The first kappa shape index (κ1) is 22.6. The maximum atomic E-state index is 13.0. The molecule has 1 aromatic rings. The number of carbonyl (C=O) groups is 2. The maximum absolute atomic E-state index is 13.0. The third kappa shape index (κ3) is 4.80. The summed E-state index contributed by atoms with van der Waals surface area (Å²) in [5, 5.41) is 9.60. The van der Waals surface area contributed by atoms with E-state index in [1.54, 1.807) is 4.90 Å². The molecule has 2 aliphatic rings. The molecule has 1 fully saturated rings. The summed E-state index contributed by atoms with van der Waals surface area (Å²) < 4.78 is 11.2. The number of nitrogens with zero attached hydrogens (tertiary/aromatic N) is 1. The SMILES string of the molecule is CC(C)(C)OC(=O)C1CC2(CCN(C(=O)OC(C)(C)C)CC2)c2ccc(CO)cc21. The zero-order valence-corrected chi connectivity index (χ0v) is 19.1. The third-order valence-corrected chi connectivity index (χ3v) is 5.90.